The maximum atomic E-state index is 11.4. The van der Waals surface area contributed by atoms with Crippen LogP contribution in [0, 0.1) is 0 Å². The first-order valence-corrected chi connectivity index (χ1v) is 6.67. The van der Waals surface area contributed by atoms with Crippen LogP contribution in [0.1, 0.15) is 15.9 Å². The smallest absolute Gasteiger partial charge is 0.177 e. The Morgan fingerprint density at radius 1 is 1.11 bits per heavy atom. The van der Waals surface area contributed by atoms with E-state index in [1.54, 1.807) is 18.2 Å². The Labute approximate surface area is 121 Å². The normalized spacial score (nSPS) is 10.2. The van der Waals surface area contributed by atoms with Crippen LogP contribution >= 0.6 is 23.2 Å². The maximum absolute atomic E-state index is 11.4. The molecule has 0 unspecified atom stereocenters. The minimum Gasteiger partial charge on any atom is -0.487 e. The molecule has 0 saturated heterocycles. The first-order valence-electron chi connectivity index (χ1n) is 5.76. The monoisotopic (exact) mass is 294 g/mol. The van der Waals surface area contributed by atoms with E-state index in [0.717, 1.165) is 5.56 Å². The van der Waals surface area contributed by atoms with Gasteiger partial charge in [0.05, 0.1) is 10.9 Å². The summed E-state index contributed by atoms with van der Waals surface area (Å²) >= 11 is 11.6. The van der Waals surface area contributed by atoms with Gasteiger partial charge in [0.1, 0.15) is 12.4 Å². The predicted octanol–water partition coefficient (Wildman–Crippen LogP) is 4.34. The highest BCUT2D eigenvalue weighted by atomic mass is 35.5. The number of carbonyl (C=O) groups is 1. The molecule has 0 aliphatic heterocycles. The number of rotatable bonds is 5. The third-order valence-corrected chi connectivity index (χ3v) is 3.15. The second-order valence-electron chi connectivity index (χ2n) is 3.98. The molecule has 2 aromatic rings. The number of hydrogen-bond acceptors (Lipinski definition) is 2. The van der Waals surface area contributed by atoms with Crippen molar-refractivity contribution in [2.45, 2.75) is 6.61 Å². The largest absolute Gasteiger partial charge is 0.487 e. The van der Waals surface area contributed by atoms with Gasteiger partial charge in [0.2, 0.25) is 0 Å². The molecular formula is C15H12Cl2O2. The first kappa shape index (κ1) is 13.9. The molecule has 0 aliphatic carbocycles. The number of ether oxygens (including phenoxy) is 1. The van der Waals surface area contributed by atoms with Gasteiger partial charge >= 0.3 is 0 Å². The molecule has 0 spiro atoms. The van der Waals surface area contributed by atoms with Gasteiger partial charge in [-0.25, -0.2) is 0 Å². The van der Waals surface area contributed by atoms with Gasteiger partial charge in [-0.15, -0.1) is 11.6 Å². The zero-order valence-electron chi connectivity index (χ0n) is 10.1. The van der Waals surface area contributed by atoms with Crippen LogP contribution in [0.15, 0.2) is 48.5 Å². The molecule has 0 heterocycles. The molecule has 2 aromatic carbocycles. The predicted molar refractivity (Wildman–Crippen MR) is 77.3 cm³/mol. The fraction of sp³-hybridized carbons (Fsp3) is 0.133. The Morgan fingerprint density at radius 3 is 2.47 bits per heavy atom. The molecule has 2 rings (SSSR count). The van der Waals surface area contributed by atoms with Gasteiger partial charge in [-0.1, -0.05) is 41.9 Å². The van der Waals surface area contributed by atoms with Crippen molar-refractivity contribution in [2.75, 3.05) is 5.88 Å². The highest BCUT2D eigenvalue weighted by Crippen LogP contribution is 2.26. The first-order chi connectivity index (χ1) is 9.20. The van der Waals surface area contributed by atoms with Crippen molar-refractivity contribution in [1.82, 2.24) is 0 Å². The minimum absolute atomic E-state index is 0.0550. The second-order valence-corrected chi connectivity index (χ2v) is 4.65. The van der Waals surface area contributed by atoms with Crippen molar-refractivity contribution < 1.29 is 9.53 Å². The molecule has 0 bridgehead atoms. The summed E-state index contributed by atoms with van der Waals surface area (Å²) in [6, 6.07) is 14.7. The fourth-order valence-corrected chi connectivity index (χ4v) is 1.99. The van der Waals surface area contributed by atoms with Crippen LogP contribution in [-0.4, -0.2) is 11.7 Å². The van der Waals surface area contributed by atoms with Crippen molar-refractivity contribution in [3.63, 3.8) is 0 Å². The lowest BCUT2D eigenvalue weighted by atomic mass is 10.1. The summed E-state index contributed by atoms with van der Waals surface area (Å²) in [5, 5.41) is 0.409. The van der Waals surface area contributed by atoms with E-state index in [1.807, 2.05) is 30.3 Å². The average Bonchev–Trinajstić information content (AvgIpc) is 2.46. The number of alkyl halides is 1. The van der Waals surface area contributed by atoms with Gasteiger partial charge in [0.15, 0.2) is 5.78 Å². The quantitative estimate of drug-likeness (QED) is 0.606. The lowest BCUT2D eigenvalue weighted by molar-refractivity contribution is 0.102. The highest BCUT2D eigenvalue weighted by molar-refractivity contribution is 6.33. The number of hydrogen-bond donors (Lipinski definition) is 0. The molecular weight excluding hydrogens is 283 g/mol. The molecule has 0 aromatic heterocycles. The Bertz CT molecular complexity index is 568. The van der Waals surface area contributed by atoms with Crippen LogP contribution in [0.4, 0.5) is 0 Å². The van der Waals surface area contributed by atoms with Crippen LogP contribution in [0.5, 0.6) is 5.75 Å². The lowest BCUT2D eigenvalue weighted by Crippen LogP contribution is -2.01. The molecule has 19 heavy (non-hydrogen) atoms. The van der Waals surface area contributed by atoms with Crippen LogP contribution in [0.3, 0.4) is 0 Å². The summed E-state index contributed by atoms with van der Waals surface area (Å²) in [5.74, 6) is 0.343. The van der Waals surface area contributed by atoms with Crippen molar-refractivity contribution in [1.29, 1.82) is 0 Å². The van der Waals surface area contributed by atoms with Crippen LogP contribution in [-0.2, 0) is 6.61 Å². The number of carbonyl (C=O) groups excluding carboxylic acids is 1. The van der Waals surface area contributed by atoms with Crippen LogP contribution < -0.4 is 4.74 Å². The number of benzene rings is 2. The van der Waals surface area contributed by atoms with E-state index in [9.17, 15) is 4.79 Å². The zero-order valence-corrected chi connectivity index (χ0v) is 11.6. The van der Waals surface area contributed by atoms with Gasteiger partial charge in [-0.3, -0.25) is 4.79 Å². The van der Waals surface area contributed by atoms with E-state index >= 15 is 0 Å². The summed E-state index contributed by atoms with van der Waals surface area (Å²) in [5.41, 5.74) is 1.55. The van der Waals surface area contributed by atoms with E-state index in [0.29, 0.717) is 22.9 Å². The molecule has 0 saturated carbocycles. The Balaban J connectivity index is 2.07. The van der Waals surface area contributed by atoms with E-state index in [4.69, 9.17) is 27.9 Å². The summed E-state index contributed by atoms with van der Waals surface area (Å²) < 4.78 is 5.61. The average molecular weight is 295 g/mol. The molecule has 0 radical (unpaired) electrons. The van der Waals surface area contributed by atoms with Crippen molar-refractivity contribution in [3.05, 3.63) is 64.7 Å². The molecule has 4 heteroatoms. The van der Waals surface area contributed by atoms with Gasteiger partial charge in [-0.05, 0) is 23.8 Å². The maximum Gasteiger partial charge on any atom is 0.177 e. The third-order valence-electron chi connectivity index (χ3n) is 2.61. The molecule has 0 atom stereocenters. The minimum atomic E-state index is -0.154. The van der Waals surface area contributed by atoms with E-state index < -0.39 is 0 Å². The topological polar surface area (TPSA) is 26.3 Å². The van der Waals surface area contributed by atoms with Crippen molar-refractivity contribution >= 4 is 29.0 Å². The summed E-state index contributed by atoms with van der Waals surface area (Å²) in [6.45, 7) is 0.434. The van der Waals surface area contributed by atoms with E-state index in [1.165, 1.54) is 0 Å². The number of Topliss-reactive ketones (excluding diaryl/α,β-unsaturated/α-hetero) is 1. The Hall–Kier alpha value is -1.51. The molecule has 98 valence electrons. The van der Waals surface area contributed by atoms with E-state index in [2.05, 4.69) is 0 Å². The molecule has 2 nitrogen and oxygen atoms in total. The van der Waals surface area contributed by atoms with Crippen LogP contribution in [0.25, 0.3) is 0 Å². The number of ketones is 1. The van der Waals surface area contributed by atoms with Crippen molar-refractivity contribution in [3.8, 4) is 5.75 Å². The standard InChI is InChI=1S/C15H12Cl2O2/c16-9-14(18)12-6-7-15(13(17)8-12)19-10-11-4-2-1-3-5-11/h1-8H,9-10H2. The Kier molecular flexibility index (Phi) is 4.83. The Morgan fingerprint density at radius 2 is 1.84 bits per heavy atom. The third kappa shape index (κ3) is 3.72. The van der Waals surface area contributed by atoms with Gasteiger partial charge in [-0.2, -0.15) is 0 Å². The molecule has 0 aliphatic rings. The summed E-state index contributed by atoms with van der Waals surface area (Å²) in [6.07, 6.45) is 0. The molecule has 0 N–H and O–H groups in total. The van der Waals surface area contributed by atoms with Gasteiger partial charge in [0.25, 0.3) is 0 Å². The van der Waals surface area contributed by atoms with Crippen molar-refractivity contribution in [2.24, 2.45) is 0 Å². The number of halogens is 2. The zero-order chi connectivity index (χ0) is 13.7. The van der Waals surface area contributed by atoms with Gasteiger partial charge in [0, 0.05) is 5.56 Å². The molecule has 0 amide bonds. The van der Waals surface area contributed by atoms with Crippen LogP contribution in [0.2, 0.25) is 5.02 Å². The lowest BCUT2D eigenvalue weighted by Gasteiger charge is -2.09. The summed E-state index contributed by atoms with van der Waals surface area (Å²) in [7, 11) is 0. The van der Waals surface area contributed by atoms with E-state index in [-0.39, 0.29) is 11.7 Å². The molecule has 0 fully saturated rings. The SMILES string of the molecule is O=C(CCl)c1ccc(OCc2ccccc2)c(Cl)c1. The van der Waals surface area contributed by atoms with Gasteiger partial charge < -0.3 is 4.74 Å². The highest BCUT2D eigenvalue weighted by Gasteiger charge is 2.08. The summed E-state index contributed by atoms with van der Waals surface area (Å²) in [4.78, 5) is 11.4. The fourth-order valence-electron chi connectivity index (χ4n) is 1.60. The second kappa shape index (κ2) is 6.60.